The van der Waals surface area contributed by atoms with E-state index in [1.165, 1.54) is 51.6 Å². The number of anilines is 1. The standard InChI is InChI=1S/C20H32N4O2/c1-22(14-16-2-4-18(21)5-3-16)15-17-10-12-23(13-11-17)19-6-8-20(9-7-19)24(25)26/h6-9,16-18H,2-5,10-15,21H2,1H3. The Kier molecular flexibility index (Phi) is 6.48. The van der Waals surface area contributed by atoms with Crippen molar-refractivity contribution in [2.45, 2.75) is 44.6 Å². The summed E-state index contributed by atoms with van der Waals surface area (Å²) >= 11 is 0. The summed E-state index contributed by atoms with van der Waals surface area (Å²) in [6.07, 6.45) is 7.32. The number of nitrogens with two attached hydrogens (primary N) is 1. The van der Waals surface area contributed by atoms with Crippen LogP contribution < -0.4 is 10.6 Å². The van der Waals surface area contributed by atoms with E-state index in [9.17, 15) is 10.1 Å². The third kappa shape index (κ3) is 5.17. The number of hydrogen-bond acceptors (Lipinski definition) is 5. The van der Waals surface area contributed by atoms with Crippen molar-refractivity contribution in [2.75, 3.05) is 38.1 Å². The summed E-state index contributed by atoms with van der Waals surface area (Å²) in [6, 6.07) is 7.38. The summed E-state index contributed by atoms with van der Waals surface area (Å²) in [4.78, 5) is 15.3. The second kappa shape index (κ2) is 8.82. The normalized spacial score (nSPS) is 24.8. The van der Waals surface area contributed by atoms with Crippen LogP contribution in [0.5, 0.6) is 0 Å². The summed E-state index contributed by atoms with van der Waals surface area (Å²) in [5.74, 6) is 1.57. The van der Waals surface area contributed by atoms with Crippen LogP contribution in [0.15, 0.2) is 24.3 Å². The Bertz CT molecular complexity index is 576. The van der Waals surface area contributed by atoms with Gasteiger partial charge in [-0.05, 0) is 69.5 Å². The minimum atomic E-state index is -0.341. The highest BCUT2D eigenvalue weighted by molar-refractivity contribution is 5.51. The molecule has 1 heterocycles. The minimum Gasteiger partial charge on any atom is -0.372 e. The smallest absolute Gasteiger partial charge is 0.269 e. The number of hydrogen-bond donors (Lipinski definition) is 1. The van der Waals surface area contributed by atoms with Crippen LogP contribution in [0.2, 0.25) is 0 Å². The molecule has 0 unspecified atom stereocenters. The van der Waals surface area contributed by atoms with Crippen LogP contribution in [-0.4, -0.2) is 49.1 Å². The Morgan fingerprint density at radius 2 is 1.58 bits per heavy atom. The molecule has 2 aliphatic rings. The summed E-state index contributed by atoms with van der Waals surface area (Å²) in [6.45, 7) is 4.45. The van der Waals surface area contributed by atoms with Crippen LogP contribution in [0.1, 0.15) is 38.5 Å². The molecule has 6 nitrogen and oxygen atoms in total. The molecular weight excluding hydrogens is 328 g/mol. The molecule has 1 saturated heterocycles. The lowest BCUT2D eigenvalue weighted by Gasteiger charge is -2.36. The molecule has 0 bridgehead atoms. The predicted molar refractivity (Wildman–Crippen MR) is 105 cm³/mol. The fourth-order valence-electron chi connectivity index (χ4n) is 4.49. The maximum absolute atomic E-state index is 10.8. The molecule has 0 atom stereocenters. The fraction of sp³-hybridized carbons (Fsp3) is 0.700. The third-order valence-corrected chi connectivity index (χ3v) is 6.07. The zero-order valence-corrected chi connectivity index (χ0v) is 15.8. The first kappa shape index (κ1) is 19.1. The first-order valence-corrected chi connectivity index (χ1v) is 9.95. The first-order valence-electron chi connectivity index (χ1n) is 9.95. The van der Waals surface area contributed by atoms with Gasteiger partial charge in [0.15, 0.2) is 0 Å². The zero-order chi connectivity index (χ0) is 18.5. The van der Waals surface area contributed by atoms with E-state index < -0.39 is 0 Å². The van der Waals surface area contributed by atoms with Gasteiger partial charge in [0.25, 0.3) is 5.69 Å². The lowest BCUT2D eigenvalue weighted by Crippen LogP contribution is -2.39. The number of rotatable bonds is 6. The quantitative estimate of drug-likeness (QED) is 0.622. The molecule has 1 aromatic carbocycles. The Morgan fingerprint density at radius 3 is 2.12 bits per heavy atom. The highest BCUT2D eigenvalue weighted by atomic mass is 16.6. The Hall–Kier alpha value is -1.66. The van der Waals surface area contributed by atoms with E-state index in [0.717, 1.165) is 30.6 Å². The van der Waals surface area contributed by atoms with Crippen LogP contribution >= 0.6 is 0 Å². The van der Waals surface area contributed by atoms with Crippen molar-refractivity contribution in [3.05, 3.63) is 34.4 Å². The topological polar surface area (TPSA) is 75.6 Å². The Morgan fingerprint density at radius 1 is 1.04 bits per heavy atom. The second-order valence-corrected chi connectivity index (χ2v) is 8.21. The van der Waals surface area contributed by atoms with Gasteiger partial charge in [0.05, 0.1) is 4.92 Å². The van der Waals surface area contributed by atoms with Crippen molar-refractivity contribution in [3.8, 4) is 0 Å². The third-order valence-electron chi connectivity index (χ3n) is 6.07. The summed E-state index contributed by atoms with van der Waals surface area (Å²) in [5, 5.41) is 10.8. The van der Waals surface area contributed by atoms with E-state index in [1.807, 2.05) is 12.1 Å². The van der Waals surface area contributed by atoms with Crippen LogP contribution in [0.25, 0.3) is 0 Å². The number of benzene rings is 1. The van der Waals surface area contributed by atoms with Crippen LogP contribution in [0.4, 0.5) is 11.4 Å². The van der Waals surface area contributed by atoms with Crippen molar-refractivity contribution < 1.29 is 4.92 Å². The van der Waals surface area contributed by atoms with Gasteiger partial charge in [0.2, 0.25) is 0 Å². The molecule has 144 valence electrons. The first-order chi connectivity index (χ1) is 12.5. The lowest BCUT2D eigenvalue weighted by atomic mass is 9.86. The van der Waals surface area contributed by atoms with Crippen LogP contribution in [0, 0.1) is 22.0 Å². The van der Waals surface area contributed by atoms with Gasteiger partial charge in [0.1, 0.15) is 0 Å². The number of nitrogens with zero attached hydrogens (tertiary/aromatic N) is 3. The van der Waals surface area contributed by atoms with Crippen molar-refractivity contribution in [1.82, 2.24) is 4.90 Å². The molecule has 0 spiro atoms. The van der Waals surface area contributed by atoms with Crippen molar-refractivity contribution >= 4 is 11.4 Å². The lowest BCUT2D eigenvalue weighted by molar-refractivity contribution is -0.384. The molecule has 0 radical (unpaired) electrons. The van der Waals surface area contributed by atoms with Gasteiger partial charge in [0, 0.05) is 50.0 Å². The highest BCUT2D eigenvalue weighted by Gasteiger charge is 2.24. The van der Waals surface area contributed by atoms with Gasteiger partial charge in [-0.2, -0.15) is 0 Å². The monoisotopic (exact) mass is 360 g/mol. The SMILES string of the molecule is CN(CC1CCC(N)CC1)CC1CCN(c2ccc([N+](=O)[O-])cc2)CC1. The minimum absolute atomic E-state index is 0.161. The largest absolute Gasteiger partial charge is 0.372 e. The molecule has 3 rings (SSSR count). The van der Waals surface area contributed by atoms with Gasteiger partial charge in [-0.3, -0.25) is 10.1 Å². The van der Waals surface area contributed by atoms with Crippen molar-refractivity contribution in [3.63, 3.8) is 0 Å². The maximum Gasteiger partial charge on any atom is 0.269 e. The van der Waals surface area contributed by atoms with Crippen molar-refractivity contribution in [2.24, 2.45) is 17.6 Å². The Labute approximate surface area is 156 Å². The molecular formula is C20H32N4O2. The van der Waals surface area contributed by atoms with Crippen molar-refractivity contribution in [1.29, 1.82) is 0 Å². The van der Waals surface area contributed by atoms with E-state index in [1.54, 1.807) is 12.1 Å². The van der Waals surface area contributed by atoms with E-state index in [4.69, 9.17) is 5.73 Å². The number of nitro benzene ring substituents is 1. The fourth-order valence-corrected chi connectivity index (χ4v) is 4.49. The molecule has 2 N–H and O–H groups in total. The average Bonchev–Trinajstić information content (AvgIpc) is 2.64. The van der Waals surface area contributed by atoms with Gasteiger partial charge in [-0.15, -0.1) is 0 Å². The van der Waals surface area contributed by atoms with E-state index in [-0.39, 0.29) is 10.6 Å². The summed E-state index contributed by atoms with van der Waals surface area (Å²) < 4.78 is 0. The molecule has 0 aromatic heterocycles. The highest BCUT2D eigenvalue weighted by Crippen LogP contribution is 2.27. The van der Waals surface area contributed by atoms with E-state index >= 15 is 0 Å². The molecule has 0 amide bonds. The Balaban J connectivity index is 1.41. The molecule has 6 heteroatoms. The predicted octanol–water partition coefficient (Wildman–Crippen LogP) is 3.26. The van der Waals surface area contributed by atoms with Gasteiger partial charge in [-0.25, -0.2) is 0 Å². The summed E-state index contributed by atoms with van der Waals surface area (Å²) in [5.41, 5.74) is 7.27. The number of non-ortho nitro benzene ring substituents is 1. The molecule has 1 aliphatic heterocycles. The molecule has 1 saturated carbocycles. The average molecular weight is 361 g/mol. The van der Waals surface area contributed by atoms with Crippen LogP contribution in [0.3, 0.4) is 0 Å². The number of nitro groups is 1. The summed E-state index contributed by atoms with van der Waals surface area (Å²) in [7, 11) is 2.26. The van der Waals surface area contributed by atoms with Crippen LogP contribution in [-0.2, 0) is 0 Å². The second-order valence-electron chi connectivity index (χ2n) is 8.21. The maximum atomic E-state index is 10.8. The zero-order valence-electron chi connectivity index (χ0n) is 15.8. The van der Waals surface area contributed by atoms with E-state index in [0.29, 0.717) is 6.04 Å². The molecule has 2 fully saturated rings. The van der Waals surface area contributed by atoms with Gasteiger partial charge in [-0.1, -0.05) is 0 Å². The molecule has 1 aromatic rings. The van der Waals surface area contributed by atoms with Gasteiger partial charge < -0.3 is 15.5 Å². The van der Waals surface area contributed by atoms with Gasteiger partial charge >= 0.3 is 0 Å². The van der Waals surface area contributed by atoms with E-state index in [2.05, 4.69) is 16.8 Å². The molecule has 26 heavy (non-hydrogen) atoms. The molecule has 1 aliphatic carbocycles. The number of piperidine rings is 1.